The van der Waals surface area contributed by atoms with Gasteiger partial charge in [-0.1, -0.05) is 65.7 Å². The minimum Gasteiger partial charge on any atom is -0.457 e. The summed E-state index contributed by atoms with van der Waals surface area (Å²) in [6.45, 7) is 2.47. The molecular weight excluding hydrogens is 488 g/mol. The summed E-state index contributed by atoms with van der Waals surface area (Å²) >= 11 is 12.5. The van der Waals surface area contributed by atoms with Crippen LogP contribution in [0.1, 0.15) is 16.8 Å². The predicted octanol–water partition coefficient (Wildman–Crippen LogP) is 7.86. The van der Waals surface area contributed by atoms with Crippen LogP contribution in [0.4, 0.5) is 14.9 Å². The third-order valence-corrected chi connectivity index (χ3v) is 5.71. The second-order valence-electron chi connectivity index (χ2n) is 7.88. The monoisotopic (exact) mass is 509 g/mol. The van der Waals surface area contributed by atoms with Crippen molar-refractivity contribution in [3.8, 4) is 11.5 Å². The molecule has 0 atom stereocenters. The summed E-state index contributed by atoms with van der Waals surface area (Å²) < 4.78 is 18.9. The van der Waals surface area contributed by atoms with Crippen molar-refractivity contribution in [3.63, 3.8) is 0 Å². The third kappa shape index (κ3) is 6.72. The summed E-state index contributed by atoms with van der Waals surface area (Å²) in [5.74, 6) is 0.807. The number of urea groups is 1. The van der Waals surface area contributed by atoms with Crippen molar-refractivity contribution in [2.24, 2.45) is 0 Å². The molecule has 178 valence electrons. The molecule has 0 aliphatic rings. The summed E-state index contributed by atoms with van der Waals surface area (Å²) in [4.78, 5) is 19.1. The van der Waals surface area contributed by atoms with Crippen LogP contribution in [-0.4, -0.2) is 15.9 Å². The Morgan fingerprint density at radius 2 is 1.49 bits per heavy atom. The van der Waals surface area contributed by atoms with Gasteiger partial charge in [0.2, 0.25) is 0 Å². The topological polar surface area (TPSA) is 54.5 Å². The molecular formula is C27H22Cl2FN3O2. The van der Waals surface area contributed by atoms with E-state index in [1.165, 1.54) is 12.1 Å². The van der Waals surface area contributed by atoms with Crippen molar-refractivity contribution in [2.75, 3.05) is 5.32 Å². The average Bonchev–Trinajstić information content (AvgIpc) is 2.84. The van der Waals surface area contributed by atoms with Gasteiger partial charge in [-0.25, -0.2) is 14.2 Å². The van der Waals surface area contributed by atoms with E-state index >= 15 is 0 Å². The SMILES string of the molecule is Cc1cc(Cl)c(NC(=O)N(Cc2ccccc2)Cc2ccc(Oc3ccc(F)cc3)cc2)c(Cl)n1. The van der Waals surface area contributed by atoms with Gasteiger partial charge in [-0.3, -0.25) is 0 Å². The summed E-state index contributed by atoms with van der Waals surface area (Å²) in [7, 11) is 0. The first kappa shape index (κ1) is 24.5. The summed E-state index contributed by atoms with van der Waals surface area (Å²) in [5.41, 5.74) is 2.78. The molecule has 1 N–H and O–H groups in total. The Morgan fingerprint density at radius 1 is 0.914 bits per heavy atom. The van der Waals surface area contributed by atoms with Crippen LogP contribution in [0.15, 0.2) is 84.9 Å². The van der Waals surface area contributed by atoms with Crippen LogP contribution in [0.3, 0.4) is 0 Å². The van der Waals surface area contributed by atoms with Crippen LogP contribution in [0.25, 0.3) is 0 Å². The van der Waals surface area contributed by atoms with Crippen molar-refractivity contribution in [3.05, 3.63) is 118 Å². The molecule has 3 aromatic carbocycles. The van der Waals surface area contributed by atoms with E-state index in [0.717, 1.165) is 11.1 Å². The number of halogens is 3. The second-order valence-corrected chi connectivity index (χ2v) is 8.65. The van der Waals surface area contributed by atoms with Crippen molar-refractivity contribution in [1.82, 2.24) is 9.88 Å². The number of aryl methyl sites for hydroxylation is 1. The van der Waals surface area contributed by atoms with Gasteiger partial charge < -0.3 is 15.0 Å². The maximum atomic E-state index is 13.3. The molecule has 0 saturated carbocycles. The molecule has 4 rings (SSSR count). The molecule has 0 radical (unpaired) electrons. The molecule has 0 spiro atoms. The second kappa shape index (κ2) is 11.2. The Hall–Kier alpha value is -3.61. The first-order chi connectivity index (χ1) is 16.9. The Kier molecular flexibility index (Phi) is 7.85. The minimum absolute atomic E-state index is 0.130. The summed E-state index contributed by atoms with van der Waals surface area (Å²) in [6.07, 6.45) is 0. The van der Waals surface area contributed by atoms with Crippen molar-refractivity contribution in [1.29, 1.82) is 0 Å². The highest BCUT2D eigenvalue weighted by Crippen LogP contribution is 2.30. The van der Waals surface area contributed by atoms with E-state index in [-0.39, 0.29) is 22.7 Å². The molecule has 0 bridgehead atoms. The van der Waals surface area contributed by atoms with Gasteiger partial charge in [-0.2, -0.15) is 0 Å². The fraction of sp³-hybridized carbons (Fsp3) is 0.111. The lowest BCUT2D eigenvalue weighted by atomic mass is 10.1. The zero-order valence-electron chi connectivity index (χ0n) is 18.8. The van der Waals surface area contributed by atoms with E-state index in [9.17, 15) is 9.18 Å². The van der Waals surface area contributed by atoms with Crippen LogP contribution in [0.2, 0.25) is 10.2 Å². The zero-order chi connectivity index (χ0) is 24.8. The number of hydrogen-bond acceptors (Lipinski definition) is 3. The molecule has 5 nitrogen and oxygen atoms in total. The highest BCUT2D eigenvalue weighted by Gasteiger charge is 2.19. The number of nitrogens with zero attached hydrogens (tertiary/aromatic N) is 2. The van der Waals surface area contributed by atoms with Crippen LogP contribution >= 0.6 is 23.2 Å². The number of carbonyl (C=O) groups excluding carboxylic acids is 1. The Balaban J connectivity index is 1.51. The molecule has 1 heterocycles. The molecule has 0 aliphatic heterocycles. The third-order valence-electron chi connectivity index (χ3n) is 5.14. The predicted molar refractivity (Wildman–Crippen MR) is 137 cm³/mol. The van der Waals surface area contributed by atoms with Crippen LogP contribution in [-0.2, 0) is 13.1 Å². The Labute approximate surface area is 213 Å². The Morgan fingerprint density at radius 3 is 2.09 bits per heavy atom. The fourth-order valence-electron chi connectivity index (χ4n) is 3.42. The number of nitrogens with one attached hydrogen (secondary N) is 1. The van der Waals surface area contributed by atoms with Gasteiger partial charge in [-0.05, 0) is 60.5 Å². The molecule has 4 aromatic rings. The van der Waals surface area contributed by atoms with Crippen molar-refractivity contribution < 1.29 is 13.9 Å². The lowest BCUT2D eigenvalue weighted by molar-refractivity contribution is 0.206. The van der Waals surface area contributed by atoms with Gasteiger partial charge in [0.1, 0.15) is 17.3 Å². The van der Waals surface area contributed by atoms with Crippen LogP contribution in [0.5, 0.6) is 11.5 Å². The number of aromatic nitrogens is 1. The van der Waals surface area contributed by atoms with E-state index in [2.05, 4.69) is 10.3 Å². The van der Waals surface area contributed by atoms with Gasteiger partial charge >= 0.3 is 6.03 Å². The summed E-state index contributed by atoms with van der Waals surface area (Å²) in [6, 6.07) is 24.1. The van der Waals surface area contributed by atoms with Crippen LogP contribution in [0, 0.1) is 12.7 Å². The number of hydrogen-bond donors (Lipinski definition) is 1. The molecule has 0 aliphatic carbocycles. The van der Waals surface area contributed by atoms with E-state index in [1.807, 2.05) is 42.5 Å². The smallest absolute Gasteiger partial charge is 0.322 e. The van der Waals surface area contributed by atoms with E-state index in [4.69, 9.17) is 27.9 Å². The molecule has 35 heavy (non-hydrogen) atoms. The zero-order valence-corrected chi connectivity index (χ0v) is 20.4. The number of pyridine rings is 1. The number of ether oxygens (including phenoxy) is 1. The van der Waals surface area contributed by atoms with Gasteiger partial charge in [0.05, 0.1) is 10.7 Å². The molecule has 0 fully saturated rings. The summed E-state index contributed by atoms with van der Waals surface area (Å²) in [5, 5.41) is 3.25. The lowest BCUT2D eigenvalue weighted by Crippen LogP contribution is -2.34. The van der Waals surface area contributed by atoms with Crippen LogP contribution < -0.4 is 10.1 Å². The lowest BCUT2D eigenvalue weighted by Gasteiger charge is -2.24. The largest absolute Gasteiger partial charge is 0.457 e. The molecule has 2 amide bonds. The van der Waals surface area contributed by atoms with Crippen molar-refractivity contribution >= 4 is 34.9 Å². The van der Waals surface area contributed by atoms with Gasteiger partial charge in [0, 0.05) is 18.8 Å². The van der Waals surface area contributed by atoms with Gasteiger partial charge in [-0.15, -0.1) is 0 Å². The van der Waals surface area contributed by atoms with Crippen molar-refractivity contribution in [2.45, 2.75) is 20.0 Å². The average molecular weight is 510 g/mol. The van der Waals surface area contributed by atoms with E-state index in [0.29, 0.717) is 35.3 Å². The maximum absolute atomic E-state index is 13.3. The highest BCUT2D eigenvalue weighted by atomic mass is 35.5. The fourth-order valence-corrected chi connectivity index (χ4v) is 4.05. The Bertz CT molecular complexity index is 1280. The number of amides is 2. The first-order valence-corrected chi connectivity index (χ1v) is 11.6. The number of rotatable bonds is 7. The molecule has 0 saturated heterocycles. The number of anilines is 1. The minimum atomic E-state index is -0.366. The molecule has 8 heteroatoms. The standard InChI is InChI=1S/C27H22Cl2FN3O2/c1-18-15-24(28)25(26(29)31-18)32-27(34)33(16-19-5-3-2-4-6-19)17-20-7-11-22(12-8-20)35-23-13-9-21(30)10-14-23/h2-15H,16-17H2,1H3,(H,32,34). The molecule has 1 aromatic heterocycles. The normalized spacial score (nSPS) is 10.6. The molecule has 0 unspecified atom stereocenters. The number of benzene rings is 3. The first-order valence-electron chi connectivity index (χ1n) is 10.8. The number of carbonyl (C=O) groups is 1. The highest BCUT2D eigenvalue weighted by molar-refractivity contribution is 6.39. The van der Waals surface area contributed by atoms with E-state index in [1.54, 1.807) is 42.2 Å². The van der Waals surface area contributed by atoms with Gasteiger partial charge in [0.15, 0.2) is 5.15 Å². The maximum Gasteiger partial charge on any atom is 0.322 e. The van der Waals surface area contributed by atoms with E-state index < -0.39 is 0 Å². The quantitative estimate of drug-likeness (QED) is 0.258. The van der Waals surface area contributed by atoms with Gasteiger partial charge in [0.25, 0.3) is 0 Å².